The molecule has 2 saturated heterocycles. The van der Waals surface area contributed by atoms with Crippen molar-refractivity contribution in [3.8, 4) is 0 Å². The highest BCUT2D eigenvalue weighted by atomic mass is 19.1. The van der Waals surface area contributed by atoms with E-state index in [0.29, 0.717) is 26.2 Å². The molecule has 2 aromatic rings. The SMILES string of the molecule is O=C(NC[C@H]1O[C@H](CC(=O)N2CCN(c3ccccc3)CC2)[C@H](O)[C@@H]1O)Nc1cccc(F)c1. The van der Waals surface area contributed by atoms with Gasteiger partial charge in [-0.3, -0.25) is 4.79 Å². The second-order valence-corrected chi connectivity index (χ2v) is 8.45. The summed E-state index contributed by atoms with van der Waals surface area (Å²) in [5, 5.41) is 25.7. The van der Waals surface area contributed by atoms with Gasteiger partial charge in [-0.25, -0.2) is 9.18 Å². The van der Waals surface area contributed by atoms with Gasteiger partial charge in [-0.05, 0) is 30.3 Å². The van der Waals surface area contributed by atoms with E-state index in [-0.39, 0.29) is 24.6 Å². The van der Waals surface area contributed by atoms with Gasteiger partial charge in [0.1, 0.15) is 24.1 Å². The highest BCUT2D eigenvalue weighted by molar-refractivity contribution is 5.89. The molecule has 4 N–H and O–H groups in total. The summed E-state index contributed by atoms with van der Waals surface area (Å²) in [5.41, 5.74) is 1.39. The molecule has 182 valence electrons. The van der Waals surface area contributed by atoms with Gasteiger partial charge in [-0.2, -0.15) is 0 Å². The lowest BCUT2D eigenvalue weighted by molar-refractivity contribution is -0.135. The van der Waals surface area contributed by atoms with Crippen LogP contribution in [0.3, 0.4) is 0 Å². The number of aliphatic hydroxyl groups excluding tert-OH is 2. The number of aliphatic hydroxyl groups is 2. The Morgan fingerprint density at radius 3 is 2.38 bits per heavy atom. The first-order valence-corrected chi connectivity index (χ1v) is 11.3. The van der Waals surface area contributed by atoms with Crippen molar-refractivity contribution in [2.45, 2.75) is 30.8 Å². The molecule has 0 saturated carbocycles. The largest absolute Gasteiger partial charge is 0.388 e. The summed E-state index contributed by atoms with van der Waals surface area (Å²) < 4.78 is 18.9. The number of nitrogens with zero attached hydrogens (tertiary/aromatic N) is 2. The number of anilines is 2. The molecule has 2 aliphatic rings. The summed E-state index contributed by atoms with van der Waals surface area (Å²) in [5.74, 6) is -0.633. The lowest BCUT2D eigenvalue weighted by atomic mass is 10.0. The third-order valence-electron chi connectivity index (χ3n) is 6.14. The first kappa shape index (κ1) is 23.9. The number of para-hydroxylation sites is 1. The van der Waals surface area contributed by atoms with Crippen LogP contribution in [0, 0.1) is 5.82 Å². The van der Waals surface area contributed by atoms with Crippen molar-refractivity contribution in [3.05, 3.63) is 60.4 Å². The van der Waals surface area contributed by atoms with E-state index in [1.54, 1.807) is 4.90 Å². The van der Waals surface area contributed by atoms with Crippen LogP contribution >= 0.6 is 0 Å². The van der Waals surface area contributed by atoms with Gasteiger partial charge in [0.25, 0.3) is 0 Å². The summed E-state index contributed by atoms with van der Waals surface area (Å²) in [6.07, 6.45) is -4.29. The molecule has 4 rings (SSSR count). The lowest BCUT2D eigenvalue weighted by Crippen LogP contribution is -2.49. The second kappa shape index (κ2) is 10.8. The Morgan fingerprint density at radius 2 is 1.68 bits per heavy atom. The van der Waals surface area contributed by atoms with Crippen molar-refractivity contribution in [2.24, 2.45) is 0 Å². The number of amides is 3. The quantitative estimate of drug-likeness (QED) is 0.502. The molecule has 3 amide bonds. The van der Waals surface area contributed by atoms with Crippen molar-refractivity contribution >= 4 is 23.3 Å². The Kier molecular flexibility index (Phi) is 7.61. The zero-order valence-electron chi connectivity index (χ0n) is 18.6. The molecular weight excluding hydrogens is 443 g/mol. The van der Waals surface area contributed by atoms with Gasteiger partial charge in [0.05, 0.1) is 12.5 Å². The van der Waals surface area contributed by atoms with E-state index in [4.69, 9.17) is 4.74 Å². The van der Waals surface area contributed by atoms with Crippen molar-refractivity contribution in [1.82, 2.24) is 10.2 Å². The molecule has 2 fully saturated rings. The number of halogens is 1. The predicted octanol–water partition coefficient (Wildman–Crippen LogP) is 1.18. The van der Waals surface area contributed by atoms with Crippen LogP contribution in [0.1, 0.15) is 6.42 Å². The van der Waals surface area contributed by atoms with Gasteiger partial charge in [0, 0.05) is 44.1 Å². The summed E-state index contributed by atoms with van der Waals surface area (Å²) >= 11 is 0. The maximum atomic E-state index is 13.2. The van der Waals surface area contributed by atoms with E-state index in [1.807, 2.05) is 30.3 Å². The fraction of sp³-hybridized carbons (Fsp3) is 0.417. The molecule has 0 radical (unpaired) electrons. The number of carbonyl (C=O) groups is 2. The molecule has 0 spiro atoms. The van der Waals surface area contributed by atoms with Gasteiger partial charge in [0.2, 0.25) is 5.91 Å². The van der Waals surface area contributed by atoms with Crippen LogP contribution in [0.15, 0.2) is 54.6 Å². The molecule has 4 atom stereocenters. The van der Waals surface area contributed by atoms with Crippen LogP contribution in [-0.4, -0.2) is 84.2 Å². The molecule has 2 aliphatic heterocycles. The Morgan fingerprint density at radius 1 is 0.971 bits per heavy atom. The van der Waals surface area contributed by atoms with Crippen molar-refractivity contribution in [3.63, 3.8) is 0 Å². The molecule has 2 heterocycles. The number of hydrogen-bond acceptors (Lipinski definition) is 6. The topological polar surface area (TPSA) is 114 Å². The van der Waals surface area contributed by atoms with E-state index in [0.717, 1.165) is 5.69 Å². The van der Waals surface area contributed by atoms with E-state index in [1.165, 1.54) is 24.3 Å². The minimum absolute atomic E-state index is 0.0600. The Labute approximate surface area is 197 Å². The van der Waals surface area contributed by atoms with Crippen LogP contribution in [-0.2, 0) is 9.53 Å². The Bertz CT molecular complexity index is 986. The number of piperazine rings is 1. The van der Waals surface area contributed by atoms with Gasteiger partial charge in [-0.15, -0.1) is 0 Å². The number of carbonyl (C=O) groups excluding carboxylic acids is 2. The highest BCUT2D eigenvalue weighted by Crippen LogP contribution is 2.25. The van der Waals surface area contributed by atoms with Gasteiger partial charge in [-0.1, -0.05) is 24.3 Å². The molecule has 0 unspecified atom stereocenters. The predicted molar refractivity (Wildman–Crippen MR) is 124 cm³/mol. The fourth-order valence-corrected chi connectivity index (χ4v) is 4.25. The summed E-state index contributed by atoms with van der Waals surface area (Å²) in [6.45, 7) is 2.45. The molecule has 0 bridgehead atoms. The average Bonchev–Trinajstić information content (AvgIpc) is 3.11. The highest BCUT2D eigenvalue weighted by Gasteiger charge is 2.44. The van der Waals surface area contributed by atoms with Crippen LogP contribution in [0.4, 0.5) is 20.6 Å². The Balaban J connectivity index is 1.23. The fourth-order valence-electron chi connectivity index (χ4n) is 4.25. The van der Waals surface area contributed by atoms with Crippen LogP contribution in [0.2, 0.25) is 0 Å². The Hall–Kier alpha value is -3.21. The summed E-state index contributed by atoms with van der Waals surface area (Å²) in [4.78, 5) is 28.8. The van der Waals surface area contributed by atoms with E-state index >= 15 is 0 Å². The van der Waals surface area contributed by atoms with E-state index in [2.05, 4.69) is 15.5 Å². The number of hydrogen-bond donors (Lipinski definition) is 4. The number of rotatable bonds is 6. The van der Waals surface area contributed by atoms with E-state index in [9.17, 15) is 24.2 Å². The molecule has 34 heavy (non-hydrogen) atoms. The molecule has 10 heteroatoms. The van der Waals surface area contributed by atoms with Crippen LogP contribution in [0.5, 0.6) is 0 Å². The summed E-state index contributed by atoms with van der Waals surface area (Å²) in [6, 6.07) is 14.8. The third kappa shape index (κ3) is 5.82. The van der Waals surface area contributed by atoms with E-state index < -0.39 is 36.3 Å². The molecule has 0 aromatic heterocycles. The van der Waals surface area contributed by atoms with Gasteiger partial charge in [0.15, 0.2) is 0 Å². The van der Waals surface area contributed by atoms with Crippen LogP contribution in [0.25, 0.3) is 0 Å². The number of ether oxygens (including phenoxy) is 1. The number of urea groups is 1. The van der Waals surface area contributed by atoms with Gasteiger partial charge >= 0.3 is 6.03 Å². The maximum Gasteiger partial charge on any atom is 0.319 e. The number of benzene rings is 2. The first-order valence-electron chi connectivity index (χ1n) is 11.3. The zero-order chi connectivity index (χ0) is 24.1. The van der Waals surface area contributed by atoms with Crippen molar-refractivity contribution in [1.29, 1.82) is 0 Å². The monoisotopic (exact) mass is 472 g/mol. The first-order chi connectivity index (χ1) is 16.4. The smallest absolute Gasteiger partial charge is 0.319 e. The molecule has 9 nitrogen and oxygen atoms in total. The second-order valence-electron chi connectivity index (χ2n) is 8.45. The molecular formula is C24H29FN4O5. The molecule has 2 aromatic carbocycles. The maximum absolute atomic E-state index is 13.2. The average molecular weight is 473 g/mol. The summed E-state index contributed by atoms with van der Waals surface area (Å²) in [7, 11) is 0. The standard InChI is InChI=1S/C24H29FN4O5/c25-16-5-4-6-17(13-16)27-24(33)26-15-20-23(32)22(31)19(34-20)14-21(30)29-11-9-28(10-12-29)18-7-2-1-3-8-18/h1-8,13,19-20,22-23,31-32H,9-12,14-15H2,(H2,26,27,33)/t19-,20-,22+,23-/m1/s1. The normalized spacial score (nSPS) is 24.7. The number of nitrogens with one attached hydrogen (secondary N) is 2. The third-order valence-corrected chi connectivity index (χ3v) is 6.14. The lowest BCUT2D eigenvalue weighted by Gasteiger charge is -2.36. The van der Waals surface area contributed by atoms with Crippen molar-refractivity contribution in [2.75, 3.05) is 42.9 Å². The van der Waals surface area contributed by atoms with Crippen LogP contribution < -0.4 is 15.5 Å². The molecule has 0 aliphatic carbocycles. The minimum Gasteiger partial charge on any atom is -0.388 e. The zero-order valence-corrected chi connectivity index (χ0v) is 18.6. The van der Waals surface area contributed by atoms with Crippen molar-refractivity contribution < 1.29 is 28.9 Å². The van der Waals surface area contributed by atoms with Gasteiger partial charge < -0.3 is 35.4 Å². The minimum atomic E-state index is -1.25.